The summed E-state index contributed by atoms with van der Waals surface area (Å²) >= 11 is 0. The molecule has 0 aliphatic carbocycles. The van der Waals surface area contributed by atoms with Gasteiger partial charge in [0.25, 0.3) is 0 Å². The standard InChI is InChI=1S/C16H11F3O2/c1-20-12-5-6-15-13(8-12)14(9-21-15)10-3-2-4-11(7-10)16(17,18)19/h2-9H,1H3. The van der Waals surface area contributed by atoms with Gasteiger partial charge in [0.15, 0.2) is 0 Å². The van der Waals surface area contributed by atoms with Gasteiger partial charge < -0.3 is 9.15 Å². The highest BCUT2D eigenvalue weighted by atomic mass is 19.4. The van der Waals surface area contributed by atoms with E-state index in [9.17, 15) is 13.2 Å². The number of hydrogen-bond acceptors (Lipinski definition) is 2. The molecule has 0 saturated heterocycles. The number of rotatable bonds is 2. The Hall–Kier alpha value is -2.43. The number of ether oxygens (including phenoxy) is 1. The van der Waals surface area contributed by atoms with Crippen LogP contribution in [0.5, 0.6) is 5.75 Å². The van der Waals surface area contributed by atoms with Crippen molar-refractivity contribution in [2.45, 2.75) is 6.18 Å². The Labute approximate surface area is 118 Å². The van der Waals surface area contributed by atoms with Gasteiger partial charge in [0.05, 0.1) is 18.9 Å². The maximum Gasteiger partial charge on any atom is 0.416 e. The maximum atomic E-state index is 12.8. The molecule has 0 N–H and O–H groups in total. The number of alkyl halides is 3. The topological polar surface area (TPSA) is 22.4 Å². The third-order valence-corrected chi connectivity index (χ3v) is 3.28. The Morgan fingerprint density at radius 1 is 1.05 bits per heavy atom. The highest BCUT2D eigenvalue weighted by Crippen LogP contribution is 2.36. The van der Waals surface area contributed by atoms with Gasteiger partial charge in [-0.25, -0.2) is 0 Å². The van der Waals surface area contributed by atoms with Crippen LogP contribution in [-0.4, -0.2) is 7.11 Å². The molecular weight excluding hydrogens is 281 g/mol. The first-order chi connectivity index (χ1) is 9.99. The third kappa shape index (κ3) is 2.46. The number of furan rings is 1. The molecule has 0 fully saturated rings. The Kier molecular flexibility index (Phi) is 3.12. The minimum atomic E-state index is -4.37. The first-order valence-electron chi connectivity index (χ1n) is 6.22. The van der Waals surface area contributed by atoms with Crippen LogP contribution in [0.15, 0.2) is 53.1 Å². The Morgan fingerprint density at radius 3 is 2.57 bits per heavy atom. The van der Waals surface area contributed by atoms with Crippen LogP contribution in [0.4, 0.5) is 13.2 Å². The van der Waals surface area contributed by atoms with Crippen LogP contribution in [0.25, 0.3) is 22.1 Å². The molecule has 0 aliphatic heterocycles. The van der Waals surface area contributed by atoms with Crippen molar-refractivity contribution in [1.29, 1.82) is 0 Å². The van der Waals surface area contributed by atoms with Crippen LogP contribution in [0.3, 0.4) is 0 Å². The summed E-state index contributed by atoms with van der Waals surface area (Å²) < 4.78 is 48.9. The molecule has 0 radical (unpaired) electrons. The number of benzene rings is 2. The summed E-state index contributed by atoms with van der Waals surface area (Å²) in [6.07, 6.45) is -2.91. The summed E-state index contributed by atoms with van der Waals surface area (Å²) in [5.74, 6) is 0.622. The van der Waals surface area contributed by atoms with Crippen molar-refractivity contribution < 1.29 is 22.3 Å². The summed E-state index contributed by atoms with van der Waals surface area (Å²) in [5.41, 5.74) is 0.979. The average Bonchev–Trinajstić information content (AvgIpc) is 2.89. The van der Waals surface area contributed by atoms with E-state index in [-0.39, 0.29) is 0 Å². The molecule has 0 bridgehead atoms. The van der Waals surface area contributed by atoms with Gasteiger partial charge in [-0.05, 0) is 35.9 Å². The largest absolute Gasteiger partial charge is 0.497 e. The van der Waals surface area contributed by atoms with Crippen LogP contribution >= 0.6 is 0 Å². The summed E-state index contributed by atoms with van der Waals surface area (Å²) in [6.45, 7) is 0. The van der Waals surface area contributed by atoms with Crippen molar-refractivity contribution in [3.63, 3.8) is 0 Å². The van der Waals surface area contributed by atoms with E-state index < -0.39 is 11.7 Å². The number of methoxy groups -OCH3 is 1. The molecule has 0 amide bonds. The van der Waals surface area contributed by atoms with Gasteiger partial charge in [0, 0.05) is 10.9 Å². The van der Waals surface area contributed by atoms with E-state index in [0.717, 1.165) is 12.1 Å². The second-order valence-electron chi connectivity index (χ2n) is 4.59. The fourth-order valence-electron chi connectivity index (χ4n) is 2.22. The van der Waals surface area contributed by atoms with Crippen molar-refractivity contribution in [3.05, 3.63) is 54.3 Å². The van der Waals surface area contributed by atoms with Gasteiger partial charge in [-0.15, -0.1) is 0 Å². The molecule has 0 spiro atoms. The Balaban J connectivity index is 2.16. The maximum absolute atomic E-state index is 12.8. The van der Waals surface area contributed by atoms with Crippen molar-refractivity contribution in [2.75, 3.05) is 7.11 Å². The zero-order valence-corrected chi connectivity index (χ0v) is 11.1. The van der Waals surface area contributed by atoms with E-state index in [1.165, 1.54) is 19.4 Å². The molecule has 0 unspecified atom stereocenters. The minimum absolute atomic E-state index is 0.455. The quantitative estimate of drug-likeness (QED) is 0.653. The van der Waals surface area contributed by atoms with E-state index in [1.807, 2.05) is 0 Å². The molecule has 0 aliphatic rings. The highest BCUT2D eigenvalue weighted by molar-refractivity contribution is 5.94. The lowest BCUT2D eigenvalue weighted by atomic mass is 10.0. The molecule has 108 valence electrons. The third-order valence-electron chi connectivity index (χ3n) is 3.28. The lowest BCUT2D eigenvalue weighted by Gasteiger charge is -2.08. The molecule has 0 saturated carbocycles. The molecule has 21 heavy (non-hydrogen) atoms. The van der Waals surface area contributed by atoms with Crippen molar-refractivity contribution in [1.82, 2.24) is 0 Å². The number of halogens is 3. The molecule has 2 aromatic carbocycles. The molecule has 0 atom stereocenters. The fraction of sp³-hybridized carbons (Fsp3) is 0.125. The first-order valence-corrected chi connectivity index (χ1v) is 6.22. The van der Waals surface area contributed by atoms with Crippen LogP contribution < -0.4 is 4.74 Å². The molecule has 1 heterocycles. The molecule has 2 nitrogen and oxygen atoms in total. The second kappa shape index (κ2) is 4.84. The van der Waals surface area contributed by atoms with Crippen molar-refractivity contribution in [3.8, 4) is 16.9 Å². The second-order valence-corrected chi connectivity index (χ2v) is 4.59. The predicted molar refractivity (Wildman–Crippen MR) is 73.2 cm³/mol. The Bertz CT molecular complexity index is 788. The van der Waals surface area contributed by atoms with Crippen LogP contribution in [-0.2, 0) is 6.18 Å². The van der Waals surface area contributed by atoms with Crippen molar-refractivity contribution in [2.24, 2.45) is 0 Å². The fourth-order valence-corrected chi connectivity index (χ4v) is 2.22. The first kappa shape index (κ1) is 13.5. The van der Waals surface area contributed by atoms with Gasteiger partial charge in [0.2, 0.25) is 0 Å². The summed E-state index contributed by atoms with van der Waals surface area (Å²) in [5, 5.41) is 0.716. The normalized spacial score (nSPS) is 11.8. The van der Waals surface area contributed by atoms with E-state index in [2.05, 4.69) is 0 Å². The molecule has 3 aromatic rings. The highest BCUT2D eigenvalue weighted by Gasteiger charge is 2.30. The predicted octanol–water partition coefficient (Wildman–Crippen LogP) is 5.13. The number of fused-ring (bicyclic) bond motifs is 1. The molecular formula is C16H11F3O2. The van der Waals surface area contributed by atoms with Crippen molar-refractivity contribution >= 4 is 11.0 Å². The van der Waals surface area contributed by atoms with E-state index in [1.54, 1.807) is 24.3 Å². The molecule has 3 rings (SSSR count). The Morgan fingerprint density at radius 2 is 1.86 bits per heavy atom. The van der Waals surface area contributed by atoms with Gasteiger partial charge in [-0.2, -0.15) is 13.2 Å². The van der Waals surface area contributed by atoms with Crippen LogP contribution in [0.2, 0.25) is 0 Å². The van der Waals surface area contributed by atoms with Gasteiger partial charge in [0.1, 0.15) is 11.3 Å². The lowest BCUT2D eigenvalue weighted by Crippen LogP contribution is -2.04. The van der Waals surface area contributed by atoms with Crippen LogP contribution in [0.1, 0.15) is 5.56 Å². The molecule has 1 aromatic heterocycles. The minimum Gasteiger partial charge on any atom is -0.497 e. The zero-order valence-electron chi connectivity index (χ0n) is 11.1. The summed E-state index contributed by atoms with van der Waals surface area (Å²) in [7, 11) is 1.53. The summed E-state index contributed by atoms with van der Waals surface area (Å²) in [6, 6.07) is 10.4. The SMILES string of the molecule is COc1ccc2occ(-c3cccc(C(F)(F)F)c3)c2c1. The van der Waals surface area contributed by atoms with Crippen LogP contribution in [0, 0.1) is 0 Å². The lowest BCUT2D eigenvalue weighted by molar-refractivity contribution is -0.137. The average molecular weight is 292 g/mol. The smallest absolute Gasteiger partial charge is 0.416 e. The van der Waals surface area contributed by atoms with Gasteiger partial charge in [-0.1, -0.05) is 12.1 Å². The number of hydrogen-bond donors (Lipinski definition) is 0. The molecule has 5 heteroatoms. The van der Waals surface area contributed by atoms with Gasteiger partial charge in [-0.3, -0.25) is 0 Å². The summed E-state index contributed by atoms with van der Waals surface area (Å²) in [4.78, 5) is 0. The van der Waals surface area contributed by atoms with E-state index in [4.69, 9.17) is 9.15 Å². The zero-order chi connectivity index (χ0) is 15.0. The van der Waals surface area contributed by atoms with Gasteiger partial charge >= 0.3 is 6.18 Å². The van der Waals surface area contributed by atoms with E-state index >= 15 is 0 Å². The monoisotopic (exact) mass is 292 g/mol. The van der Waals surface area contributed by atoms with E-state index in [0.29, 0.717) is 27.8 Å².